The number of hydrogen-bond acceptors (Lipinski definition) is 4. The molecule has 2 heterocycles. The third-order valence-corrected chi connectivity index (χ3v) is 5.74. The number of aryl methyl sites for hydroxylation is 1. The zero-order valence-corrected chi connectivity index (χ0v) is 17.4. The number of nitrogens with zero attached hydrogens (tertiary/aromatic N) is 1. The van der Waals surface area contributed by atoms with Gasteiger partial charge >= 0.3 is 6.18 Å². The van der Waals surface area contributed by atoms with Crippen molar-refractivity contribution < 1.29 is 27.2 Å². The van der Waals surface area contributed by atoms with Crippen LogP contribution in [0, 0.1) is 6.92 Å². The van der Waals surface area contributed by atoms with Crippen LogP contribution in [-0.4, -0.2) is 11.1 Å². The minimum atomic E-state index is -4.52. The maximum atomic E-state index is 13.0. The topological polar surface area (TPSA) is 50.5 Å². The van der Waals surface area contributed by atoms with Gasteiger partial charge in [0.1, 0.15) is 11.5 Å². The van der Waals surface area contributed by atoms with Crippen molar-refractivity contribution in [2.24, 2.45) is 0 Å². The predicted octanol–water partition coefficient (Wildman–Crippen LogP) is 7.17. The normalized spacial score (nSPS) is 15.9. The molecule has 1 saturated heterocycles. The maximum absolute atomic E-state index is 13.0. The van der Waals surface area contributed by atoms with Crippen molar-refractivity contribution in [1.29, 1.82) is 0 Å². The lowest BCUT2D eigenvalue weighted by molar-refractivity contribution is -0.137. The molecule has 158 valence electrons. The first-order chi connectivity index (χ1) is 14.6. The Morgan fingerprint density at radius 3 is 2.42 bits per heavy atom. The summed E-state index contributed by atoms with van der Waals surface area (Å²) >= 11 is 6.80. The molecule has 31 heavy (non-hydrogen) atoms. The van der Waals surface area contributed by atoms with Crippen LogP contribution < -0.4 is 4.90 Å². The second kappa shape index (κ2) is 7.94. The molecule has 9 heteroatoms. The molecular weight excluding hydrogens is 451 g/mol. The quantitative estimate of drug-likeness (QED) is 0.386. The van der Waals surface area contributed by atoms with Crippen LogP contribution in [0.25, 0.3) is 17.4 Å². The number of hydrogen-bond donors (Lipinski definition) is 0. The number of rotatable bonds is 3. The fraction of sp³-hybridized carbons (Fsp3) is 0.0909. The molecule has 0 radical (unpaired) electrons. The lowest BCUT2D eigenvalue weighted by Crippen LogP contribution is -2.27. The summed E-state index contributed by atoms with van der Waals surface area (Å²) in [6, 6.07) is 12.8. The molecule has 0 bridgehead atoms. The van der Waals surface area contributed by atoms with E-state index < -0.39 is 22.9 Å². The summed E-state index contributed by atoms with van der Waals surface area (Å²) in [5, 5.41) is -0.360. The molecule has 0 atom stereocenters. The van der Waals surface area contributed by atoms with Crippen molar-refractivity contribution in [2.75, 3.05) is 4.90 Å². The van der Waals surface area contributed by atoms with E-state index in [0.717, 1.165) is 40.4 Å². The highest BCUT2D eigenvalue weighted by atomic mass is 35.5. The van der Waals surface area contributed by atoms with Crippen LogP contribution >= 0.6 is 23.4 Å². The molecule has 0 aliphatic carbocycles. The smallest absolute Gasteiger partial charge is 0.416 e. The Morgan fingerprint density at radius 2 is 1.74 bits per heavy atom. The predicted molar refractivity (Wildman–Crippen MR) is 114 cm³/mol. The second-order valence-corrected chi connectivity index (χ2v) is 8.15. The molecule has 4 nitrogen and oxygen atoms in total. The number of carbonyl (C=O) groups is 2. The number of imide groups is 1. The van der Waals surface area contributed by atoms with Gasteiger partial charge in [-0.05, 0) is 61.2 Å². The summed E-state index contributed by atoms with van der Waals surface area (Å²) in [5.74, 6) is -0.188. The summed E-state index contributed by atoms with van der Waals surface area (Å²) in [4.78, 5) is 26.3. The van der Waals surface area contributed by atoms with E-state index in [2.05, 4.69) is 0 Å². The highest BCUT2D eigenvalue weighted by molar-refractivity contribution is 8.19. The van der Waals surface area contributed by atoms with E-state index in [9.17, 15) is 22.8 Å². The largest absolute Gasteiger partial charge is 0.457 e. The SMILES string of the molecule is Cc1ccc(N2C(=O)S/C(=C\c3ccc(-c4cc(C(F)(F)F)ccc4Cl)o3)C2=O)cc1. The Hall–Kier alpha value is -2.97. The summed E-state index contributed by atoms with van der Waals surface area (Å²) in [7, 11) is 0. The molecule has 1 aromatic heterocycles. The van der Waals surface area contributed by atoms with Crippen LogP contribution in [0.4, 0.5) is 23.7 Å². The van der Waals surface area contributed by atoms with Crippen LogP contribution in [-0.2, 0) is 11.0 Å². The first-order valence-corrected chi connectivity index (χ1v) is 10.1. The monoisotopic (exact) mass is 463 g/mol. The minimum Gasteiger partial charge on any atom is -0.457 e. The lowest BCUT2D eigenvalue weighted by atomic mass is 10.1. The van der Waals surface area contributed by atoms with Gasteiger partial charge in [0.05, 0.1) is 21.2 Å². The zero-order chi connectivity index (χ0) is 22.3. The van der Waals surface area contributed by atoms with E-state index in [1.54, 1.807) is 24.3 Å². The summed E-state index contributed by atoms with van der Waals surface area (Å²) in [6.07, 6.45) is -3.15. The van der Waals surface area contributed by atoms with Crippen molar-refractivity contribution >= 4 is 46.3 Å². The van der Waals surface area contributed by atoms with Crippen molar-refractivity contribution in [2.45, 2.75) is 13.1 Å². The van der Waals surface area contributed by atoms with Crippen LogP contribution in [0.2, 0.25) is 5.02 Å². The molecular formula is C22H13ClF3NO3S. The van der Waals surface area contributed by atoms with E-state index in [0.29, 0.717) is 5.69 Å². The molecule has 1 aliphatic heterocycles. The molecule has 0 spiro atoms. The average molecular weight is 464 g/mol. The Bertz CT molecular complexity index is 1220. The molecule has 1 fully saturated rings. The van der Waals surface area contributed by atoms with E-state index in [4.69, 9.17) is 16.0 Å². The molecule has 1 aliphatic rings. The fourth-order valence-electron chi connectivity index (χ4n) is 2.98. The summed E-state index contributed by atoms with van der Waals surface area (Å²) in [6.45, 7) is 1.89. The van der Waals surface area contributed by atoms with Crippen LogP contribution in [0.15, 0.2) is 63.9 Å². The fourth-order valence-corrected chi connectivity index (χ4v) is 4.01. The Morgan fingerprint density at radius 1 is 1.03 bits per heavy atom. The van der Waals surface area contributed by atoms with Gasteiger partial charge in [0.2, 0.25) is 0 Å². The number of anilines is 1. The Balaban J connectivity index is 1.63. The van der Waals surface area contributed by atoms with Crippen molar-refractivity contribution in [3.63, 3.8) is 0 Å². The van der Waals surface area contributed by atoms with E-state index in [1.807, 2.05) is 6.92 Å². The van der Waals surface area contributed by atoms with Gasteiger partial charge in [0.15, 0.2) is 0 Å². The van der Waals surface area contributed by atoms with Gasteiger partial charge in [-0.25, -0.2) is 4.90 Å². The first-order valence-electron chi connectivity index (χ1n) is 8.95. The number of benzene rings is 2. The third-order valence-electron chi connectivity index (χ3n) is 4.55. The summed E-state index contributed by atoms with van der Waals surface area (Å²) in [5.41, 5.74) is 0.656. The van der Waals surface area contributed by atoms with Gasteiger partial charge in [0.25, 0.3) is 11.1 Å². The van der Waals surface area contributed by atoms with E-state index in [1.165, 1.54) is 18.2 Å². The average Bonchev–Trinajstić information content (AvgIpc) is 3.27. The Labute approximate surface area is 184 Å². The second-order valence-electron chi connectivity index (χ2n) is 6.75. The summed E-state index contributed by atoms with van der Waals surface area (Å²) < 4.78 is 44.6. The number of halogens is 4. The molecule has 0 N–H and O–H groups in total. The number of furan rings is 1. The lowest BCUT2D eigenvalue weighted by Gasteiger charge is -2.12. The number of carbonyl (C=O) groups excluding carboxylic acids is 2. The van der Waals surface area contributed by atoms with Gasteiger partial charge in [-0.2, -0.15) is 13.2 Å². The zero-order valence-electron chi connectivity index (χ0n) is 15.9. The molecule has 2 amide bonds. The molecule has 0 unspecified atom stereocenters. The molecule has 0 saturated carbocycles. The van der Waals surface area contributed by atoms with Gasteiger partial charge in [-0.15, -0.1) is 0 Å². The third kappa shape index (κ3) is 4.26. The number of thioether (sulfide) groups is 1. The van der Waals surface area contributed by atoms with Crippen molar-refractivity contribution in [3.05, 3.63) is 81.4 Å². The Kier molecular flexibility index (Phi) is 5.45. The van der Waals surface area contributed by atoms with Crippen molar-refractivity contribution in [1.82, 2.24) is 0 Å². The molecule has 4 rings (SSSR count). The number of alkyl halides is 3. The number of amides is 2. The highest BCUT2D eigenvalue weighted by Gasteiger charge is 2.36. The van der Waals surface area contributed by atoms with E-state index >= 15 is 0 Å². The van der Waals surface area contributed by atoms with Crippen LogP contribution in [0.5, 0.6) is 0 Å². The van der Waals surface area contributed by atoms with Gasteiger partial charge in [-0.1, -0.05) is 29.3 Å². The van der Waals surface area contributed by atoms with Gasteiger partial charge < -0.3 is 4.42 Å². The maximum Gasteiger partial charge on any atom is 0.416 e. The highest BCUT2D eigenvalue weighted by Crippen LogP contribution is 2.38. The van der Waals surface area contributed by atoms with Crippen LogP contribution in [0.1, 0.15) is 16.9 Å². The van der Waals surface area contributed by atoms with E-state index in [-0.39, 0.29) is 27.0 Å². The first kappa shape index (κ1) is 21.3. The van der Waals surface area contributed by atoms with Gasteiger partial charge in [-0.3, -0.25) is 9.59 Å². The minimum absolute atomic E-state index is 0.0731. The molecule has 2 aromatic carbocycles. The van der Waals surface area contributed by atoms with Crippen LogP contribution in [0.3, 0.4) is 0 Å². The molecule has 3 aromatic rings. The standard InChI is InChI=1S/C22H13ClF3NO3S/c1-12-2-5-14(6-3-12)27-20(28)19(31-21(27)29)11-15-7-9-18(30-15)16-10-13(22(24,25)26)4-8-17(16)23/h2-11H,1H3/b19-11-. The van der Waals surface area contributed by atoms with Crippen molar-refractivity contribution in [3.8, 4) is 11.3 Å². The van der Waals surface area contributed by atoms with Gasteiger partial charge in [0, 0.05) is 11.6 Å².